The van der Waals surface area contributed by atoms with Gasteiger partial charge in [0.1, 0.15) is 5.75 Å². The summed E-state index contributed by atoms with van der Waals surface area (Å²) in [6.45, 7) is 0. The van der Waals surface area contributed by atoms with Gasteiger partial charge in [0.25, 0.3) is 5.89 Å². The molecule has 0 saturated carbocycles. The van der Waals surface area contributed by atoms with Crippen molar-refractivity contribution in [2.45, 2.75) is 0 Å². The van der Waals surface area contributed by atoms with E-state index < -0.39 is 0 Å². The zero-order valence-electron chi connectivity index (χ0n) is 9.75. The van der Waals surface area contributed by atoms with Crippen LogP contribution in [0.2, 0.25) is 0 Å². The van der Waals surface area contributed by atoms with Gasteiger partial charge in [0.2, 0.25) is 5.82 Å². The third-order valence-corrected chi connectivity index (χ3v) is 3.12. The molecule has 19 heavy (non-hydrogen) atoms. The van der Waals surface area contributed by atoms with Gasteiger partial charge in [-0.15, -0.1) is 0 Å². The SMILES string of the molecule is Oc1ccc(-c2noc(-c3cccc(Br)c3)n2)cc1. The largest absolute Gasteiger partial charge is 0.508 e. The molecule has 0 aliphatic carbocycles. The van der Waals surface area contributed by atoms with Crippen LogP contribution in [0.1, 0.15) is 0 Å². The van der Waals surface area contributed by atoms with E-state index in [0.717, 1.165) is 15.6 Å². The number of rotatable bonds is 2. The molecule has 0 radical (unpaired) electrons. The highest BCUT2D eigenvalue weighted by atomic mass is 79.9. The van der Waals surface area contributed by atoms with Crippen molar-refractivity contribution in [1.82, 2.24) is 10.1 Å². The van der Waals surface area contributed by atoms with Gasteiger partial charge in [-0.2, -0.15) is 4.98 Å². The first kappa shape index (κ1) is 11.9. The lowest BCUT2D eigenvalue weighted by molar-refractivity contribution is 0.432. The summed E-state index contributed by atoms with van der Waals surface area (Å²) in [6, 6.07) is 14.3. The number of phenols is 1. The predicted molar refractivity (Wildman–Crippen MR) is 74.5 cm³/mol. The summed E-state index contributed by atoms with van der Waals surface area (Å²) >= 11 is 3.40. The Kier molecular flexibility index (Phi) is 3.05. The third kappa shape index (κ3) is 2.51. The lowest BCUT2D eigenvalue weighted by atomic mass is 10.2. The Bertz CT molecular complexity index is 707. The topological polar surface area (TPSA) is 59.2 Å². The molecule has 0 aliphatic rings. The summed E-state index contributed by atoms with van der Waals surface area (Å²) < 4.78 is 6.20. The standard InChI is InChI=1S/C14H9BrN2O2/c15-11-3-1-2-10(8-11)14-16-13(17-19-14)9-4-6-12(18)7-5-9/h1-8,18H. The van der Waals surface area contributed by atoms with Gasteiger partial charge in [-0.25, -0.2) is 0 Å². The maximum absolute atomic E-state index is 9.25. The van der Waals surface area contributed by atoms with E-state index >= 15 is 0 Å². The molecular weight excluding hydrogens is 308 g/mol. The fraction of sp³-hybridized carbons (Fsp3) is 0. The number of hydrogen-bond donors (Lipinski definition) is 1. The highest BCUT2D eigenvalue weighted by molar-refractivity contribution is 9.10. The van der Waals surface area contributed by atoms with E-state index in [1.54, 1.807) is 24.3 Å². The van der Waals surface area contributed by atoms with Crippen LogP contribution in [0.5, 0.6) is 5.75 Å². The molecule has 94 valence electrons. The Hall–Kier alpha value is -2.14. The smallest absolute Gasteiger partial charge is 0.258 e. The molecule has 0 spiro atoms. The second-order valence-electron chi connectivity index (χ2n) is 3.98. The number of hydrogen-bond acceptors (Lipinski definition) is 4. The number of aromatic hydroxyl groups is 1. The molecule has 4 nitrogen and oxygen atoms in total. The molecule has 1 aromatic heterocycles. The second kappa shape index (κ2) is 4.85. The minimum absolute atomic E-state index is 0.208. The van der Waals surface area contributed by atoms with Crippen molar-refractivity contribution >= 4 is 15.9 Å². The molecule has 3 rings (SSSR count). The van der Waals surface area contributed by atoms with Crippen molar-refractivity contribution in [2.75, 3.05) is 0 Å². The van der Waals surface area contributed by atoms with Crippen molar-refractivity contribution in [2.24, 2.45) is 0 Å². The zero-order chi connectivity index (χ0) is 13.2. The molecule has 0 unspecified atom stereocenters. The number of halogens is 1. The van der Waals surface area contributed by atoms with Crippen LogP contribution in [0.15, 0.2) is 57.5 Å². The van der Waals surface area contributed by atoms with Crippen LogP contribution in [-0.2, 0) is 0 Å². The Morgan fingerprint density at radius 2 is 1.79 bits per heavy atom. The number of benzene rings is 2. The van der Waals surface area contributed by atoms with Crippen LogP contribution >= 0.6 is 15.9 Å². The van der Waals surface area contributed by atoms with Gasteiger partial charge in [-0.1, -0.05) is 27.2 Å². The molecule has 0 bridgehead atoms. The average Bonchev–Trinajstić information content (AvgIpc) is 2.89. The summed E-state index contributed by atoms with van der Waals surface area (Å²) in [5.74, 6) is 1.17. The molecular formula is C14H9BrN2O2. The molecule has 1 N–H and O–H groups in total. The number of nitrogens with zero attached hydrogens (tertiary/aromatic N) is 2. The van der Waals surface area contributed by atoms with Gasteiger partial charge in [0, 0.05) is 15.6 Å². The van der Waals surface area contributed by atoms with Gasteiger partial charge in [0.05, 0.1) is 0 Å². The highest BCUT2D eigenvalue weighted by Gasteiger charge is 2.10. The molecule has 0 saturated heterocycles. The Morgan fingerprint density at radius 3 is 2.53 bits per heavy atom. The van der Waals surface area contributed by atoms with E-state index in [1.807, 2.05) is 24.3 Å². The predicted octanol–water partition coefficient (Wildman–Crippen LogP) is 3.87. The second-order valence-corrected chi connectivity index (χ2v) is 4.90. The lowest BCUT2D eigenvalue weighted by Gasteiger charge is -1.95. The summed E-state index contributed by atoms with van der Waals surface area (Å²) in [6.07, 6.45) is 0. The van der Waals surface area contributed by atoms with Crippen molar-refractivity contribution in [3.05, 3.63) is 53.0 Å². The molecule has 0 aliphatic heterocycles. The van der Waals surface area contributed by atoms with Gasteiger partial charge in [-0.05, 0) is 42.5 Å². The summed E-state index contributed by atoms with van der Waals surface area (Å²) in [4.78, 5) is 4.34. The van der Waals surface area contributed by atoms with Crippen LogP contribution in [0, 0.1) is 0 Å². The molecule has 3 aromatic rings. The molecule has 5 heteroatoms. The van der Waals surface area contributed by atoms with Crippen LogP contribution in [0.3, 0.4) is 0 Å². The fourth-order valence-corrected chi connectivity index (χ4v) is 2.09. The van der Waals surface area contributed by atoms with E-state index in [4.69, 9.17) is 4.52 Å². The monoisotopic (exact) mass is 316 g/mol. The molecule has 0 fully saturated rings. The third-order valence-electron chi connectivity index (χ3n) is 2.62. The Labute approximate surface area is 117 Å². The summed E-state index contributed by atoms with van der Waals surface area (Å²) in [5.41, 5.74) is 1.65. The van der Waals surface area contributed by atoms with Crippen LogP contribution in [-0.4, -0.2) is 15.2 Å². The normalized spacial score (nSPS) is 10.6. The van der Waals surface area contributed by atoms with Gasteiger partial charge in [0.15, 0.2) is 0 Å². The minimum atomic E-state index is 0.208. The zero-order valence-corrected chi connectivity index (χ0v) is 11.3. The molecule has 0 amide bonds. The molecule has 1 heterocycles. The summed E-state index contributed by atoms with van der Waals surface area (Å²) in [5, 5.41) is 13.2. The van der Waals surface area contributed by atoms with E-state index in [1.165, 1.54) is 0 Å². The maximum Gasteiger partial charge on any atom is 0.258 e. The van der Waals surface area contributed by atoms with Crippen molar-refractivity contribution in [3.8, 4) is 28.6 Å². The van der Waals surface area contributed by atoms with Crippen LogP contribution < -0.4 is 0 Å². The van der Waals surface area contributed by atoms with Gasteiger partial charge < -0.3 is 9.63 Å². The first-order valence-corrected chi connectivity index (χ1v) is 6.41. The van der Waals surface area contributed by atoms with Gasteiger partial charge in [-0.3, -0.25) is 0 Å². The Morgan fingerprint density at radius 1 is 1.00 bits per heavy atom. The molecule has 2 aromatic carbocycles. The number of phenolic OH excluding ortho intramolecular Hbond substituents is 1. The summed E-state index contributed by atoms with van der Waals surface area (Å²) in [7, 11) is 0. The van der Waals surface area contributed by atoms with Crippen molar-refractivity contribution < 1.29 is 9.63 Å². The minimum Gasteiger partial charge on any atom is -0.508 e. The van der Waals surface area contributed by atoms with E-state index in [2.05, 4.69) is 26.1 Å². The van der Waals surface area contributed by atoms with E-state index in [0.29, 0.717) is 11.7 Å². The van der Waals surface area contributed by atoms with Gasteiger partial charge >= 0.3 is 0 Å². The molecule has 0 atom stereocenters. The first-order valence-electron chi connectivity index (χ1n) is 5.61. The van der Waals surface area contributed by atoms with E-state index in [-0.39, 0.29) is 5.75 Å². The Balaban J connectivity index is 1.97. The number of aromatic nitrogens is 2. The van der Waals surface area contributed by atoms with Crippen molar-refractivity contribution in [3.63, 3.8) is 0 Å². The first-order chi connectivity index (χ1) is 9.22. The van der Waals surface area contributed by atoms with Crippen LogP contribution in [0.4, 0.5) is 0 Å². The lowest BCUT2D eigenvalue weighted by Crippen LogP contribution is -1.81. The maximum atomic E-state index is 9.25. The quantitative estimate of drug-likeness (QED) is 0.779. The van der Waals surface area contributed by atoms with E-state index in [9.17, 15) is 5.11 Å². The van der Waals surface area contributed by atoms with Crippen LogP contribution in [0.25, 0.3) is 22.8 Å². The fourth-order valence-electron chi connectivity index (χ4n) is 1.69. The average molecular weight is 317 g/mol. The van der Waals surface area contributed by atoms with Crippen molar-refractivity contribution in [1.29, 1.82) is 0 Å². The highest BCUT2D eigenvalue weighted by Crippen LogP contribution is 2.25.